The maximum Gasteiger partial charge on any atom is 0.239 e. The molecule has 0 aliphatic heterocycles. The van der Waals surface area contributed by atoms with Crippen molar-refractivity contribution in [1.29, 1.82) is 0 Å². The summed E-state index contributed by atoms with van der Waals surface area (Å²) in [7, 11) is 1.63. The van der Waals surface area contributed by atoms with Crippen LogP contribution in [-0.4, -0.2) is 19.7 Å². The highest BCUT2D eigenvalue weighted by Crippen LogP contribution is 2.26. The lowest BCUT2D eigenvalue weighted by Crippen LogP contribution is -2.15. The van der Waals surface area contributed by atoms with Crippen molar-refractivity contribution in [2.24, 2.45) is 4.99 Å². The third kappa shape index (κ3) is 3.80. The van der Waals surface area contributed by atoms with Crippen LogP contribution in [0, 0.1) is 6.92 Å². The van der Waals surface area contributed by atoms with Gasteiger partial charge in [0.2, 0.25) is 6.29 Å². The van der Waals surface area contributed by atoms with E-state index in [0.29, 0.717) is 10.8 Å². The van der Waals surface area contributed by atoms with E-state index in [0.717, 1.165) is 5.56 Å². The fourth-order valence-electron chi connectivity index (χ4n) is 1.05. The lowest BCUT2D eigenvalue weighted by atomic mass is 10.2. The average Bonchev–Trinajstić information content (AvgIpc) is 2.19. The SMILES string of the molecule is CN=COC(C)Oc1ccc(C)cc1Cl. The second kappa shape index (κ2) is 5.61. The summed E-state index contributed by atoms with van der Waals surface area (Å²) in [5.74, 6) is 0.610. The zero-order valence-corrected chi connectivity index (χ0v) is 9.78. The van der Waals surface area contributed by atoms with Gasteiger partial charge in [0, 0.05) is 14.0 Å². The molecule has 0 aliphatic rings. The second-order valence-electron chi connectivity index (χ2n) is 3.12. The van der Waals surface area contributed by atoms with E-state index in [2.05, 4.69) is 4.99 Å². The number of hydrogen-bond donors (Lipinski definition) is 0. The molecule has 0 saturated carbocycles. The van der Waals surface area contributed by atoms with E-state index in [-0.39, 0.29) is 0 Å². The van der Waals surface area contributed by atoms with Crippen LogP contribution in [0.2, 0.25) is 5.02 Å². The number of aliphatic imine (C=N–C) groups is 1. The van der Waals surface area contributed by atoms with Crippen LogP contribution in [0.15, 0.2) is 23.2 Å². The number of nitrogens with zero attached hydrogens (tertiary/aromatic N) is 1. The molecule has 0 N–H and O–H groups in total. The summed E-state index contributed by atoms with van der Waals surface area (Å²) in [6.07, 6.45) is 0.932. The van der Waals surface area contributed by atoms with E-state index in [1.807, 2.05) is 25.1 Å². The Hall–Kier alpha value is -1.22. The van der Waals surface area contributed by atoms with Crippen molar-refractivity contribution in [2.45, 2.75) is 20.1 Å². The minimum absolute atomic E-state index is 0.408. The van der Waals surface area contributed by atoms with E-state index in [1.54, 1.807) is 14.0 Å². The molecule has 0 aromatic heterocycles. The molecule has 0 fully saturated rings. The third-order valence-corrected chi connectivity index (χ3v) is 2.03. The molecule has 1 aromatic rings. The summed E-state index contributed by atoms with van der Waals surface area (Å²) in [5.41, 5.74) is 1.09. The summed E-state index contributed by atoms with van der Waals surface area (Å²) in [5, 5.41) is 0.582. The zero-order chi connectivity index (χ0) is 11.3. The summed E-state index contributed by atoms with van der Waals surface area (Å²) >= 11 is 5.99. The molecule has 0 radical (unpaired) electrons. The van der Waals surface area contributed by atoms with E-state index in [4.69, 9.17) is 21.1 Å². The molecule has 4 heteroatoms. The van der Waals surface area contributed by atoms with Gasteiger partial charge in [0.25, 0.3) is 0 Å². The highest BCUT2D eigenvalue weighted by Gasteiger charge is 2.06. The number of ether oxygens (including phenoxy) is 2. The van der Waals surface area contributed by atoms with E-state index < -0.39 is 6.29 Å². The van der Waals surface area contributed by atoms with Crippen LogP contribution >= 0.6 is 11.6 Å². The molecule has 0 heterocycles. The molecule has 1 aromatic carbocycles. The minimum Gasteiger partial charge on any atom is -0.454 e. The van der Waals surface area contributed by atoms with Crippen molar-refractivity contribution in [3.63, 3.8) is 0 Å². The third-order valence-electron chi connectivity index (χ3n) is 1.74. The Balaban J connectivity index is 2.64. The van der Waals surface area contributed by atoms with Crippen molar-refractivity contribution in [1.82, 2.24) is 0 Å². The molecule has 0 amide bonds. The van der Waals surface area contributed by atoms with Gasteiger partial charge in [0.15, 0.2) is 6.40 Å². The lowest BCUT2D eigenvalue weighted by Gasteiger charge is -2.14. The quantitative estimate of drug-likeness (QED) is 0.450. The number of benzene rings is 1. The normalized spacial score (nSPS) is 12.8. The second-order valence-corrected chi connectivity index (χ2v) is 3.53. The van der Waals surface area contributed by atoms with Crippen LogP contribution in [0.5, 0.6) is 5.75 Å². The van der Waals surface area contributed by atoms with Crippen LogP contribution in [0.4, 0.5) is 0 Å². The Morgan fingerprint density at radius 1 is 1.47 bits per heavy atom. The number of hydrogen-bond acceptors (Lipinski definition) is 3. The average molecular weight is 228 g/mol. The van der Waals surface area contributed by atoms with Gasteiger partial charge in [-0.1, -0.05) is 17.7 Å². The molecule has 3 nitrogen and oxygen atoms in total. The first-order valence-electron chi connectivity index (χ1n) is 4.62. The molecular weight excluding hydrogens is 214 g/mol. The van der Waals surface area contributed by atoms with Crippen LogP contribution in [0.25, 0.3) is 0 Å². The molecular formula is C11H14ClNO2. The largest absolute Gasteiger partial charge is 0.454 e. The standard InChI is InChI=1S/C11H14ClNO2/c1-8-4-5-11(10(12)6-8)15-9(2)14-7-13-3/h4-7,9H,1-3H3. The first-order valence-corrected chi connectivity index (χ1v) is 5.00. The van der Waals surface area contributed by atoms with Crippen molar-refractivity contribution < 1.29 is 9.47 Å². The van der Waals surface area contributed by atoms with Gasteiger partial charge in [-0.15, -0.1) is 0 Å². The Morgan fingerprint density at radius 3 is 2.80 bits per heavy atom. The highest BCUT2D eigenvalue weighted by molar-refractivity contribution is 6.32. The highest BCUT2D eigenvalue weighted by atomic mass is 35.5. The molecule has 1 rings (SSSR count). The van der Waals surface area contributed by atoms with Crippen LogP contribution in [0.3, 0.4) is 0 Å². The van der Waals surface area contributed by atoms with Gasteiger partial charge in [-0.3, -0.25) is 4.99 Å². The molecule has 0 aliphatic carbocycles. The van der Waals surface area contributed by atoms with E-state index in [1.165, 1.54) is 6.40 Å². The van der Waals surface area contributed by atoms with Crippen molar-refractivity contribution in [3.05, 3.63) is 28.8 Å². The molecule has 82 valence electrons. The predicted molar refractivity (Wildman–Crippen MR) is 61.8 cm³/mol. The molecule has 0 bridgehead atoms. The molecule has 0 spiro atoms. The molecule has 1 atom stereocenters. The van der Waals surface area contributed by atoms with Gasteiger partial charge in [0.1, 0.15) is 5.75 Å². The number of aryl methyl sites for hydroxylation is 1. The molecule has 1 unspecified atom stereocenters. The van der Waals surface area contributed by atoms with Gasteiger partial charge in [-0.25, -0.2) is 0 Å². The minimum atomic E-state index is -0.408. The zero-order valence-electron chi connectivity index (χ0n) is 9.03. The fourth-order valence-corrected chi connectivity index (χ4v) is 1.33. The molecule has 15 heavy (non-hydrogen) atoms. The molecule has 0 saturated heterocycles. The van der Waals surface area contributed by atoms with Gasteiger partial charge in [0.05, 0.1) is 5.02 Å². The van der Waals surface area contributed by atoms with Crippen molar-refractivity contribution in [2.75, 3.05) is 7.05 Å². The van der Waals surface area contributed by atoms with Gasteiger partial charge < -0.3 is 9.47 Å². The number of halogens is 1. The van der Waals surface area contributed by atoms with Gasteiger partial charge >= 0.3 is 0 Å². The lowest BCUT2D eigenvalue weighted by molar-refractivity contribution is 0.0177. The topological polar surface area (TPSA) is 30.8 Å². The van der Waals surface area contributed by atoms with E-state index >= 15 is 0 Å². The number of rotatable bonds is 4. The summed E-state index contributed by atoms with van der Waals surface area (Å²) < 4.78 is 10.6. The summed E-state index contributed by atoms with van der Waals surface area (Å²) in [6, 6.07) is 5.60. The first kappa shape index (κ1) is 11.9. The maximum atomic E-state index is 5.99. The predicted octanol–water partition coefficient (Wildman–Crippen LogP) is 3.05. The van der Waals surface area contributed by atoms with Gasteiger partial charge in [-0.05, 0) is 24.6 Å². The Morgan fingerprint density at radius 2 is 2.20 bits per heavy atom. The Labute approximate surface area is 94.7 Å². The van der Waals surface area contributed by atoms with Crippen LogP contribution in [-0.2, 0) is 4.74 Å². The van der Waals surface area contributed by atoms with Crippen LogP contribution < -0.4 is 4.74 Å². The van der Waals surface area contributed by atoms with Crippen LogP contribution in [0.1, 0.15) is 12.5 Å². The van der Waals surface area contributed by atoms with E-state index in [9.17, 15) is 0 Å². The summed E-state index contributed by atoms with van der Waals surface area (Å²) in [4.78, 5) is 3.69. The smallest absolute Gasteiger partial charge is 0.239 e. The van der Waals surface area contributed by atoms with Crippen molar-refractivity contribution >= 4 is 18.0 Å². The first-order chi connectivity index (χ1) is 7.13. The Bertz CT molecular complexity index is 352. The fraction of sp³-hybridized carbons (Fsp3) is 0.364. The maximum absolute atomic E-state index is 5.99. The summed E-state index contributed by atoms with van der Waals surface area (Å²) in [6.45, 7) is 3.75. The monoisotopic (exact) mass is 227 g/mol. The van der Waals surface area contributed by atoms with Gasteiger partial charge in [-0.2, -0.15) is 0 Å². The van der Waals surface area contributed by atoms with Crippen molar-refractivity contribution in [3.8, 4) is 5.75 Å². The Kier molecular flexibility index (Phi) is 4.43.